The summed E-state index contributed by atoms with van der Waals surface area (Å²) >= 11 is 0. The summed E-state index contributed by atoms with van der Waals surface area (Å²) in [4.78, 5) is 13.9. The van der Waals surface area contributed by atoms with Gasteiger partial charge in [-0.3, -0.25) is 0 Å². The van der Waals surface area contributed by atoms with E-state index in [1.54, 1.807) is 4.90 Å². The Morgan fingerprint density at radius 1 is 1.42 bits per heavy atom. The predicted molar refractivity (Wildman–Crippen MR) is 70.0 cm³/mol. The van der Waals surface area contributed by atoms with Gasteiger partial charge in [-0.1, -0.05) is 6.92 Å². The van der Waals surface area contributed by atoms with E-state index >= 15 is 0 Å². The lowest BCUT2D eigenvalue weighted by molar-refractivity contribution is 0.160. The van der Waals surface area contributed by atoms with Crippen LogP contribution in [0, 0.1) is 11.6 Å². The summed E-state index contributed by atoms with van der Waals surface area (Å²) in [7, 11) is 0. The Bertz CT molecular complexity index is 465. The van der Waals surface area contributed by atoms with Crippen LogP contribution in [0.25, 0.3) is 0 Å². The van der Waals surface area contributed by atoms with Crippen molar-refractivity contribution in [2.75, 3.05) is 11.9 Å². The number of benzene rings is 1. The van der Waals surface area contributed by atoms with E-state index in [4.69, 9.17) is 0 Å². The van der Waals surface area contributed by atoms with Crippen molar-refractivity contribution in [3.63, 3.8) is 0 Å². The summed E-state index contributed by atoms with van der Waals surface area (Å²) in [5.41, 5.74) is 0.0202. The molecule has 1 aliphatic rings. The number of carbonyl (C=O) groups excluding carboxylic acids is 1. The van der Waals surface area contributed by atoms with Crippen LogP contribution in [-0.2, 0) is 0 Å². The molecule has 104 valence electrons. The van der Waals surface area contributed by atoms with Gasteiger partial charge in [-0.25, -0.2) is 13.6 Å². The molecule has 0 unspecified atom stereocenters. The van der Waals surface area contributed by atoms with Crippen molar-refractivity contribution in [3.05, 3.63) is 29.8 Å². The van der Waals surface area contributed by atoms with Gasteiger partial charge in [0.1, 0.15) is 11.6 Å². The van der Waals surface area contributed by atoms with Crippen molar-refractivity contribution < 1.29 is 13.6 Å². The molecule has 0 saturated carbocycles. The van der Waals surface area contributed by atoms with E-state index in [-0.39, 0.29) is 17.8 Å². The van der Waals surface area contributed by atoms with Crippen LogP contribution in [-0.4, -0.2) is 23.5 Å². The maximum Gasteiger partial charge on any atom is 0.322 e. The Kier molecular flexibility index (Phi) is 4.35. The first-order valence-corrected chi connectivity index (χ1v) is 6.64. The Labute approximate surface area is 111 Å². The first-order valence-electron chi connectivity index (χ1n) is 6.64. The molecule has 3 nitrogen and oxygen atoms in total. The van der Waals surface area contributed by atoms with Gasteiger partial charge >= 0.3 is 6.03 Å². The lowest BCUT2D eigenvalue weighted by atomic mass is 10.0. The van der Waals surface area contributed by atoms with E-state index in [1.807, 2.05) is 6.92 Å². The van der Waals surface area contributed by atoms with Crippen LogP contribution in [0.5, 0.6) is 0 Å². The zero-order valence-corrected chi connectivity index (χ0v) is 11.0. The quantitative estimate of drug-likeness (QED) is 0.870. The molecule has 1 saturated heterocycles. The summed E-state index contributed by atoms with van der Waals surface area (Å²) in [6.45, 7) is 2.72. The highest BCUT2D eigenvalue weighted by atomic mass is 19.1. The minimum absolute atomic E-state index is 0.0202. The van der Waals surface area contributed by atoms with E-state index in [0.717, 1.165) is 37.8 Å². The highest BCUT2D eigenvalue weighted by molar-refractivity contribution is 5.89. The predicted octanol–water partition coefficient (Wildman–Crippen LogP) is 3.76. The average molecular weight is 268 g/mol. The molecule has 19 heavy (non-hydrogen) atoms. The van der Waals surface area contributed by atoms with Gasteiger partial charge in [-0.2, -0.15) is 0 Å². The topological polar surface area (TPSA) is 32.3 Å². The fourth-order valence-corrected chi connectivity index (χ4v) is 2.47. The van der Waals surface area contributed by atoms with Crippen molar-refractivity contribution in [1.29, 1.82) is 0 Å². The summed E-state index contributed by atoms with van der Waals surface area (Å²) in [5.74, 6) is -1.40. The molecule has 2 amide bonds. The van der Waals surface area contributed by atoms with Crippen LogP contribution in [0.3, 0.4) is 0 Å². The molecule has 5 heteroatoms. The third kappa shape index (κ3) is 3.22. The van der Waals surface area contributed by atoms with E-state index in [1.165, 1.54) is 6.07 Å². The van der Waals surface area contributed by atoms with E-state index in [2.05, 4.69) is 5.32 Å². The zero-order valence-electron chi connectivity index (χ0n) is 11.0. The standard InChI is InChI=1S/C14H18F2N2O/c1-2-11-5-3-4-8-18(11)14(19)17-13-7-6-10(15)9-12(13)16/h6-7,9,11H,2-5,8H2,1H3,(H,17,19)/t11-/m1/s1. The van der Waals surface area contributed by atoms with Crippen LogP contribution < -0.4 is 5.32 Å². The maximum absolute atomic E-state index is 13.5. The van der Waals surface area contributed by atoms with Crippen molar-refractivity contribution in [2.24, 2.45) is 0 Å². The number of likely N-dealkylation sites (tertiary alicyclic amines) is 1. The fourth-order valence-electron chi connectivity index (χ4n) is 2.47. The number of carbonyl (C=O) groups is 1. The van der Waals surface area contributed by atoms with Gasteiger partial charge < -0.3 is 10.2 Å². The van der Waals surface area contributed by atoms with Crippen molar-refractivity contribution in [2.45, 2.75) is 38.6 Å². The summed E-state index contributed by atoms with van der Waals surface area (Å²) in [6.07, 6.45) is 3.96. The van der Waals surface area contributed by atoms with Crippen molar-refractivity contribution in [3.8, 4) is 0 Å². The SMILES string of the molecule is CC[C@@H]1CCCCN1C(=O)Nc1ccc(F)cc1F. The molecule has 0 aliphatic carbocycles. The van der Waals surface area contributed by atoms with E-state index in [9.17, 15) is 13.6 Å². The molecule has 1 aromatic rings. The Morgan fingerprint density at radius 2 is 2.21 bits per heavy atom. The number of nitrogens with one attached hydrogen (secondary N) is 1. The molecule has 1 atom stereocenters. The molecule has 2 rings (SSSR count). The average Bonchev–Trinajstić information content (AvgIpc) is 2.41. The molecular formula is C14H18F2N2O. The van der Waals surface area contributed by atoms with E-state index in [0.29, 0.717) is 6.54 Å². The lowest BCUT2D eigenvalue weighted by Gasteiger charge is -2.35. The fraction of sp³-hybridized carbons (Fsp3) is 0.500. The third-order valence-electron chi connectivity index (χ3n) is 3.53. The molecule has 0 radical (unpaired) electrons. The highest BCUT2D eigenvalue weighted by Crippen LogP contribution is 2.21. The zero-order chi connectivity index (χ0) is 13.8. The van der Waals surface area contributed by atoms with Gasteiger partial charge in [0.2, 0.25) is 0 Å². The Balaban J connectivity index is 2.07. The first kappa shape index (κ1) is 13.8. The lowest BCUT2D eigenvalue weighted by Crippen LogP contribution is -2.45. The second kappa shape index (κ2) is 5.99. The number of piperidine rings is 1. The summed E-state index contributed by atoms with van der Waals surface area (Å²) < 4.78 is 26.3. The number of nitrogens with zero attached hydrogens (tertiary/aromatic N) is 1. The maximum atomic E-state index is 13.5. The molecular weight excluding hydrogens is 250 g/mol. The number of amides is 2. The Morgan fingerprint density at radius 3 is 2.89 bits per heavy atom. The molecule has 1 N–H and O–H groups in total. The van der Waals surface area contributed by atoms with Crippen molar-refractivity contribution in [1.82, 2.24) is 4.90 Å². The first-order chi connectivity index (χ1) is 9.11. The van der Waals surface area contributed by atoms with Crippen molar-refractivity contribution >= 4 is 11.7 Å². The number of halogens is 2. The second-order valence-corrected chi connectivity index (χ2v) is 4.81. The van der Waals surface area contributed by atoms with Gasteiger partial charge in [0, 0.05) is 18.7 Å². The third-order valence-corrected chi connectivity index (χ3v) is 3.53. The largest absolute Gasteiger partial charge is 0.322 e. The summed E-state index contributed by atoms with van der Waals surface area (Å²) in [6, 6.07) is 3.04. The van der Waals surface area contributed by atoms with Gasteiger partial charge in [0.25, 0.3) is 0 Å². The molecule has 1 aromatic carbocycles. The van der Waals surface area contributed by atoms with Gasteiger partial charge in [-0.05, 0) is 37.8 Å². The molecule has 1 heterocycles. The van der Waals surface area contributed by atoms with Crippen LogP contribution in [0.4, 0.5) is 19.3 Å². The number of hydrogen-bond acceptors (Lipinski definition) is 1. The van der Waals surface area contributed by atoms with Gasteiger partial charge in [0.05, 0.1) is 5.69 Å². The number of hydrogen-bond donors (Lipinski definition) is 1. The van der Waals surface area contributed by atoms with E-state index < -0.39 is 11.6 Å². The highest BCUT2D eigenvalue weighted by Gasteiger charge is 2.25. The second-order valence-electron chi connectivity index (χ2n) is 4.81. The van der Waals surface area contributed by atoms with Crippen LogP contribution in [0.1, 0.15) is 32.6 Å². The number of urea groups is 1. The number of rotatable bonds is 2. The minimum atomic E-state index is -0.751. The van der Waals surface area contributed by atoms with Gasteiger partial charge in [-0.15, -0.1) is 0 Å². The molecule has 1 aliphatic heterocycles. The van der Waals surface area contributed by atoms with Crippen LogP contribution >= 0.6 is 0 Å². The monoisotopic (exact) mass is 268 g/mol. The molecule has 0 aromatic heterocycles. The Hall–Kier alpha value is -1.65. The molecule has 1 fully saturated rings. The minimum Gasteiger partial charge on any atom is -0.322 e. The molecule has 0 bridgehead atoms. The summed E-state index contributed by atoms with van der Waals surface area (Å²) in [5, 5.41) is 2.52. The number of anilines is 1. The van der Waals surface area contributed by atoms with Crippen LogP contribution in [0.2, 0.25) is 0 Å². The van der Waals surface area contributed by atoms with Gasteiger partial charge in [0.15, 0.2) is 0 Å². The normalized spacial score (nSPS) is 19.3. The van der Waals surface area contributed by atoms with Crippen LogP contribution in [0.15, 0.2) is 18.2 Å². The molecule has 0 spiro atoms. The smallest absolute Gasteiger partial charge is 0.322 e.